The summed E-state index contributed by atoms with van der Waals surface area (Å²) in [5.74, 6) is 0.667. The van der Waals surface area contributed by atoms with Gasteiger partial charge in [0.25, 0.3) is 5.91 Å². The molecule has 3 heterocycles. The van der Waals surface area contributed by atoms with Gasteiger partial charge in [-0.25, -0.2) is 0 Å². The number of para-hydroxylation sites is 2. The Morgan fingerprint density at radius 2 is 2.00 bits per heavy atom. The molecule has 0 aliphatic carbocycles. The molecule has 27 heavy (non-hydrogen) atoms. The Hall–Kier alpha value is -2.89. The lowest BCUT2D eigenvalue weighted by Crippen LogP contribution is -2.46. The molecule has 0 radical (unpaired) electrons. The summed E-state index contributed by atoms with van der Waals surface area (Å²) in [6.07, 6.45) is 5.25. The average Bonchev–Trinajstić information content (AvgIpc) is 3.19. The van der Waals surface area contributed by atoms with Gasteiger partial charge in [0, 0.05) is 31.9 Å². The lowest BCUT2D eigenvalue weighted by molar-refractivity contribution is -0.132. The first-order chi connectivity index (χ1) is 13.1. The first-order valence-electron chi connectivity index (χ1n) is 9.41. The minimum atomic E-state index is -0.536. The molecule has 2 aromatic rings. The van der Waals surface area contributed by atoms with Crippen molar-refractivity contribution in [3.05, 3.63) is 54.4 Å². The topological polar surface area (TPSA) is 62.7 Å². The SMILES string of the molecule is C[C@H]1Oc2ccccc2N(CCC(=O)N2CCC[C@@H]2c2ccncc2)C1=O. The number of pyridine rings is 1. The quantitative estimate of drug-likeness (QED) is 0.836. The van der Waals surface area contributed by atoms with E-state index >= 15 is 0 Å². The number of aromatic nitrogens is 1. The standard InChI is InChI=1S/C21H23N3O3/c1-15-21(26)24(18-5-2-3-7-19(18)27-15)14-10-20(25)23-13-4-6-17(23)16-8-11-22-12-9-16/h2-3,5,7-9,11-12,15,17H,4,6,10,13-14H2,1H3/t15-,17-/m1/s1. The second kappa shape index (κ2) is 7.39. The third-order valence-corrected chi connectivity index (χ3v) is 5.29. The third kappa shape index (κ3) is 3.39. The van der Waals surface area contributed by atoms with Gasteiger partial charge in [-0.1, -0.05) is 12.1 Å². The van der Waals surface area contributed by atoms with Gasteiger partial charge in [-0.3, -0.25) is 14.6 Å². The van der Waals surface area contributed by atoms with Crippen molar-refractivity contribution in [3.63, 3.8) is 0 Å². The fourth-order valence-electron chi connectivity index (χ4n) is 3.94. The van der Waals surface area contributed by atoms with Gasteiger partial charge in [0.05, 0.1) is 11.7 Å². The highest BCUT2D eigenvalue weighted by Gasteiger charge is 2.33. The summed E-state index contributed by atoms with van der Waals surface area (Å²) in [5.41, 5.74) is 1.86. The molecule has 2 atom stereocenters. The molecular weight excluding hydrogens is 342 g/mol. The van der Waals surface area contributed by atoms with Crippen molar-refractivity contribution in [1.82, 2.24) is 9.88 Å². The number of fused-ring (bicyclic) bond motifs is 1. The Labute approximate surface area is 158 Å². The maximum absolute atomic E-state index is 12.9. The molecule has 1 aromatic heterocycles. The van der Waals surface area contributed by atoms with E-state index in [2.05, 4.69) is 4.98 Å². The van der Waals surface area contributed by atoms with Crippen molar-refractivity contribution < 1.29 is 14.3 Å². The highest BCUT2D eigenvalue weighted by atomic mass is 16.5. The molecule has 2 aliphatic rings. The van der Waals surface area contributed by atoms with Gasteiger partial charge in [0.2, 0.25) is 5.91 Å². The first-order valence-corrected chi connectivity index (χ1v) is 9.41. The lowest BCUT2D eigenvalue weighted by Gasteiger charge is -2.33. The van der Waals surface area contributed by atoms with Crippen LogP contribution in [0.2, 0.25) is 0 Å². The van der Waals surface area contributed by atoms with Crippen molar-refractivity contribution in [2.45, 2.75) is 38.3 Å². The zero-order valence-corrected chi connectivity index (χ0v) is 15.4. The lowest BCUT2D eigenvalue weighted by atomic mass is 10.1. The molecule has 0 bridgehead atoms. The number of likely N-dealkylation sites (tertiary alicyclic amines) is 1. The Kier molecular flexibility index (Phi) is 4.79. The molecular formula is C21H23N3O3. The number of carbonyl (C=O) groups excluding carboxylic acids is 2. The van der Waals surface area contributed by atoms with Gasteiger partial charge in [-0.2, -0.15) is 0 Å². The summed E-state index contributed by atoms with van der Waals surface area (Å²) in [7, 11) is 0. The van der Waals surface area contributed by atoms with E-state index in [-0.39, 0.29) is 17.9 Å². The Balaban J connectivity index is 1.47. The van der Waals surface area contributed by atoms with Crippen LogP contribution in [0.1, 0.15) is 37.8 Å². The van der Waals surface area contributed by atoms with Crippen LogP contribution >= 0.6 is 0 Å². The predicted octanol–water partition coefficient (Wildman–Crippen LogP) is 2.95. The van der Waals surface area contributed by atoms with Crippen molar-refractivity contribution in [2.24, 2.45) is 0 Å². The van der Waals surface area contributed by atoms with Crippen LogP contribution in [-0.2, 0) is 9.59 Å². The molecule has 0 spiro atoms. The number of anilines is 1. The largest absolute Gasteiger partial charge is 0.479 e. The summed E-state index contributed by atoms with van der Waals surface area (Å²) in [6.45, 7) is 2.87. The van der Waals surface area contributed by atoms with Crippen LogP contribution in [0, 0.1) is 0 Å². The monoisotopic (exact) mass is 365 g/mol. The normalized spacial score (nSPS) is 21.7. The van der Waals surface area contributed by atoms with Crippen molar-refractivity contribution in [3.8, 4) is 5.75 Å². The third-order valence-electron chi connectivity index (χ3n) is 5.29. The second-order valence-corrected chi connectivity index (χ2v) is 6.99. The van der Waals surface area contributed by atoms with E-state index in [0.29, 0.717) is 18.7 Å². The Morgan fingerprint density at radius 1 is 1.22 bits per heavy atom. The molecule has 4 rings (SSSR count). The molecule has 1 fully saturated rings. The summed E-state index contributed by atoms with van der Waals surface area (Å²) in [6, 6.07) is 11.5. The smallest absolute Gasteiger partial charge is 0.267 e. The fourth-order valence-corrected chi connectivity index (χ4v) is 3.94. The number of benzene rings is 1. The Morgan fingerprint density at radius 3 is 2.81 bits per heavy atom. The van der Waals surface area contributed by atoms with E-state index in [1.807, 2.05) is 41.3 Å². The van der Waals surface area contributed by atoms with Crippen molar-refractivity contribution in [1.29, 1.82) is 0 Å². The summed E-state index contributed by atoms with van der Waals surface area (Å²) in [4.78, 5) is 33.2. The molecule has 2 amide bonds. The molecule has 0 unspecified atom stereocenters. The molecule has 0 saturated carbocycles. The predicted molar refractivity (Wildman–Crippen MR) is 101 cm³/mol. The number of rotatable bonds is 4. The summed E-state index contributed by atoms with van der Waals surface area (Å²) in [5, 5.41) is 0. The van der Waals surface area contributed by atoms with Gasteiger partial charge in [0.1, 0.15) is 5.75 Å². The number of nitrogens with zero attached hydrogens (tertiary/aromatic N) is 3. The highest BCUT2D eigenvalue weighted by molar-refractivity contribution is 6.00. The summed E-state index contributed by atoms with van der Waals surface area (Å²) < 4.78 is 5.66. The van der Waals surface area contributed by atoms with Gasteiger partial charge < -0.3 is 14.5 Å². The number of ether oxygens (including phenoxy) is 1. The molecule has 0 N–H and O–H groups in total. The summed E-state index contributed by atoms with van der Waals surface area (Å²) >= 11 is 0. The molecule has 6 heteroatoms. The molecule has 1 saturated heterocycles. The van der Waals surface area contributed by atoms with E-state index in [9.17, 15) is 9.59 Å². The molecule has 2 aliphatic heterocycles. The van der Waals surface area contributed by atoms with Gasteiger partial charge >= 0.3 is 0 Å². The average molecular weight is 365 g/mol. The van der Waals surface area contributed by atoms with Gasteiger partial charge in [-0.05, 0) is 49.6 Å². The fraction of sp³-hybridized carbons (Fsp3) is 0.381. The van der Waals surface area contributed by atoms with Crippen LogP contribution in [0.5, 0.6) is 5.75 Å². The van der Waals surface area contributed by atoms with E-state index < -0.39 is 6.10 Å². The molecule has 6 nitrogen and oxygen atoms in total. The van der Waals surface area contributed by atoms with E-state index in [4.69, 9.17) is 4.74 Å². The van der Waals surface area contributed by atoms with E-state index in [0.717, 1.165) is 30.6 Å². The minimum Gasteiger partial charge on any atom is -0.479 e. The van der Waals surface area contributed by atoms with Crippen LogP contribution in [0.15, 0.2) is 48.8 Å². The maximum Gasteiger partial charge on any atom is 0.267 e. The zero-order valence-electron chi connectivity index (χ0n) is 15.4. The highest BCUT2D eigenvalue weighted by Crippen LogP contribution is 2.35. The van der Waals surface area contributed by atoms with Crippen molar-refractivity contribution in [2.75, 3.05) is 18.0 Å². The van der Waals surface area contributed by atoms with Gasteiger partial charge in [-0.15, -0.1) is 0 Å². The number of hydrogen-bond donors (Lipinski definition) is 0. The maximum atomic E-state index is 12.9. The van der Waals surface area contributed by atoms with E-state index in [1.54, 1.807) is 24.2 Å². The van der Waals surface area contributed by atoms with E-state index in [1.165, 1.54) is 0 Å². The van der Waals surface area contributed by atoms with Crippen LogP contribution < -0.4 is 9.64 Å². The number of carbonyl (C=O) groups is 2. The first kappa shape index (κ1) is 17.5. The van der Waals surface area contributed by atoms with Crippen LogP contribution in [0.25, 0.3) is 0 Å². The van der Waals surface area contributed by atoms with Crippen LogP contribution in [0.4, 0.5) is 5.69 Å². The number of hydrogen-bond acceptors (Lipinski definition) is 4. The van der Waals surface area contributed by atoms with Crippen molar-refractivity contribution >= 4 is 17.5 Å². The molecule has 1 aromatic carbocycles. The van der Waals surface area contributed by atoms with Crippen LogP contribution in [-0.4, -0.2) is 40.9 Å². The number of amides is 2. The minimum absolute atomic E-state index is 0.0822. The van der Waals surface area contributed by atoms with Gasteiger partial charge in [0.15, 0.2) is 6.10 Å². The molecule has 140 valence electrons. The zero-order chi connectivity index (χ0) is 18.8. The second-order valence-electron chi connectivity index (χ2n) is 6.99. The Bertz CT molecular complexity index is 840. The van der Waals surface area contributed by atoms with Crippen LogP contribution in [0.3, 0.4) is 0 Å².